The van der Waals surface area contributed by atoms with Crippen molar-refractivity contribution in [1.29, 1.82) is 0 Å². The van der Waals surface area contributed by atoms with E-state index in [9.17, 15) is 28.8 Å². The Hall–Kier alpha value is -4.86. The number of imide groups is 2. The van der Waals surface area contributed by atoms with Crippen LogP contribution in [0.5, 0.6) is 0 Å². The Kier molecular flexibility index (Phi) is 11.7. The van der Waals surface area contributed by atoms with Crippen LogP contribution in [0.3, 0.4) is 0 Å². The normalized spacial score (nSPS) is 11.6. The molecule has 0 spiro atoms. The Labute approximate surface area is 233 Å². The van der Waals surface area contributed by atoms with Gasteiger partial charge in [-0.3, -0.25) is 29.0 Å². The van der Waals surface area contributed by atoms with Gasteiger partial charge < -0.3 is 10.2 Å². The molecule has 0 aromatic heterocycles. The van der Waals surface area contributed by atoms with Crippen molar-refractivity contribution in [2.45, 2.75) is 20.8 Å². The number of carbonyl (C=O) groups is 6. The van der Waals surface area contributed by atoms with Gasteiger partial charge in [-0.05, 0) is 38.0 Å². The van der Waals surface area contributed by atoms with Crippen molar-refractivity contribution in [2.24, 2.45) is 0 Å². The second-order valence-electron chi connectivity index (χ2n) is 8.68. The molecule has 0 aliphatic carbocycles. The Bertz CT molecular complexity index is 1320. The van der Waals surface area contributed by atoms with Gasteiger partial charge in [0.2, 0.25) is 0 Å². The summed E-state index contributed by atoms with van der Waals surface area (Å²) < 4.78 is 0. The van der Waals surface area contributed by atoms with E-state index in [0.717, 1.165) is 9.80 Å². The van der Waals surface area contributed by atoms with Crippen LogP contribution in [0.15, 0.2) is 71.8 Å². The highest BCUT2D eigenvalue weighted by atomic mass is 16.2. The first-order valence-electron chi connectivity index (χ1n) is 12.8. The number of rotatable bonds is 10. The number of nitrogens with one attached hydrogen (secondary N) is 1. The molecule has 1 N–H and O–H groups in total. The van der Waals surface area contributed by atoms with E-state index < -0.39 is 40.8 Å². The fraction of sp³-hybridized carbons (Fsp3) is 0.267. The second kappa shape index (κ2) is 14.9. The van der Waals surface area contributed by atoms with Crippen LogP contribution in [0.2, 0.25) is 0 Å². The molecule has 10 nitrogen and oxygen atoms in total. The van der Waals surface area contributed by atoms with Crippen LogP contribution in [0.1, 0.15) is 31.9 Å². The minimum Gasteiger partial charge on any atom is -0.338 e. The van der Waals surface area contributed by atoms with Crippen LogP contribution in [-0.2, 0) is 19.2 Å². The van der Waals surface area contributed by atoms with Crippen molar-refractivity contribution < 1.29 is 28.8 Å². The Morgan fingerprint density at radius 1 is 0.775 bits per heavy atom. The van der Waals surface area contributed by atoms with Crippen molar-refractivity contribution in [3.63, 3.8) is 0 Å². The molecule has 2 aromatic carbocycles. The molecule has 210 valence electrons. The molecular weight excluding hydrogens is 512 g/mol. The number of likely N-dealkylation sites (N-methyl/N-ethyl adjacent to an activating group) is 2. The largest absolute Gasteiger partial charge is 0.338 e. The van der Waals surface area contributed by atoms with Gasteiger partial charge in [0.25, 0.3) is 11.8 Å². The maximum absolute atomic E-state index is 14.3. The van der Waals surface area contributed by atoms with Crippen molar-refractivity contribution in [3.05, 3.63) is 82.9 Å². The zero-order valence-electron chi connectivity index (χ0n) is 23.3. The summed E-state index contributed by atoms with van der Waals surface area (Å²) in [7, 11) is 2.90. The summed E-state index contributed by atoms with van der Waals surface area (Å²) in [5, 5.41) is 2.55. The summed E-state index contributed by atoms with van der Waals surface area (Å²) in [6, 6.07) is 15.0. The minimum absolute atomic E-state index is 0.0467. The summed E-state index contributed by atoms with van der Waals surface area (Å²) in [5.74, 6) is -2.86. The van der Waals surface area contributed by atoms with Crippen molar-refractivity contribution in [3.8, 4) is 0 Å². The van der Waals surface area contributed by atoms with Crippen LogP contribution in [0, 0.1) is 0 Å². The topological polar surface area (TPSA) is 124 Å². The molecule has 0 unspecified atom stereocenters. The standard InChI is InChI=1S/C30H34N4O6/c1-6-31-29(39)33(7-2)27(37)23(19-21-15-11-9-12-16-21)26(36)25(22-17-13-10-14-18-22)24(20-35)28(38)34(8-3)30(40)32(4)5/h9-20H,6-8H2,1-5H3,(H,31,39). The fourth-order valence-corrected chi connectivity index (χ4v) is 3.83. The Balaban J connectivity index is 2.88. The van der Waals surface area contributed by atoms with Crippen molar-refractivity contribution >= 4 is 47.6 Å². The third kappa shape index (κ3) is 7.37. The van der Waals surface area contributed by atoms with Gasteiger partial charge in [-0.2, -0.15) is 0 Å². The number of aldehydes is 1. The predicted molar refractivity (Wildman–Crippen MR) is 152 cm³/mol. The molecule has 40 heavy (non-hydrogen) atoms. The average Bonchev–Trinajstić information content (AvgIpc) is 2.95. The lowest BCUT2D eigenvalue weighted by Gasteiger charge is -2.24. The number of ketones is 1. The maximum atomic E-state index is 14.3. The zero-order chi connectivity index (χ0) is 29.8. The molecule has 0 fully saturated rings. The van der Waals surface area contributed by atoms with Gasteiger partial charge in [0.05, 0.1) is 11.1 Å². The van der Waals surface area contributed by atoms with Crippen LogP contribution in [-0.4, -0.2) is 84.4 Å². The molecule has 0 saturated carbocycles. The summed E-state index contributed by atoms with van der Waals surface area (Å²) in [6.07, 6.45) is 1.52. The molecule has 2 aromatic rings. The number of Topliss-reactive ketones (excluding diaryl/α,β-unsaturated/α-hetero) is 1. The molecule has 2 rings (SSSR count). The van der Waals surface area contributed by atoms with Crippen molar-refractivity contribution in [1.82, 2.24) is 20.0 Å². The van der Waals surface area contributed by atoms with Gasteiger partial charge in [-0.15, -0.1) is 0 Å². The number of urea groups is 2. The number of amides is 6. The lowest BCUT2D eigenvalue weighted by atomic mass is 9.90. The molecule has 0 bridgehead atoms. The molecular formula is C30H34N4O6. The van der Waals surface area contributed by atoms with Crippen molar-refractivity contribution in [2.75, 3.05) is 33.7 Å². The molecule has 0 saturated heterocycles. The van der Waals surface area contributed by atoms with E-state index in [1.165, 1.54) is 37.2 Å². The molecule has 0 heterocycles. The summed E-state index contributed by atoms with van der Waals surface area (Å²) >= 11 is 0. The lowest BCUT2D eigenvalue weighted by Crippen LogP contribution is -2.45. The number of hydrogen-bond acceptors (Lipinski definition) is 6. The number of hydrogen-bond donors (Lipinski definition) is 1. The number of carbonyl (C=O) groups excluding carboxylic acids is 6. The second-order valence-corrected chi connectivity index (χ2v) is 8.68. The zero-order valence-corrected chi connectivity index (χ0v) is 23.3. The van der Waals surface area contributed by atoms with Crippen LogP contribution in [0.25, 0.3) is 11.6 Å². The highest BCUT2D eigenvalue weighted by molar-refractivity contribution is 6.45. The van der Waals surface area contributed by atoms with E-state index in [1.54, 1.807) is 69.3 Å². The van der Waals surface area contributed by atoms with Gasteiger partial charge in [0.1, 0.15) is 0 Å². The van der Waals surface area contributed by atoms with Crippen LogP contribution in [0.4, 0.5) is 9.59 Å². The molecule has 0 radical (unpaired) electrons. The summed E-state index contributed by atoms with van der Waals surface area (Å²) in [4.78, 5) is 82.3. The first kappa shape index (κ1) is 31.4. The van der Waals surface area contributed by atoms with Gasteiger partial charge in [0, 0.05) is 39.3 Å². The van der Waals surface area contributed by atoms with E-state index in [-0.39, 0.29) is 37.1 Å². The summed E-state index contributed by atoms with van der Waals surface area (Å²) in [5.41, 5.74) is -0.735. The third-order valence-electron chi connectivity index (χ3n) is 5.80. The van der Waals surface area contributed by atoms with E-state index in [1.807, 2.05) is 0 Å². The van der Waals surface area contributed by atoms with E-state index in [2.05, 4.69) is 5.32 Å². The summed E-state index contributed by atoms with van der Waals surface area (Å²) in [6.45, 7) is 4.96. The van der Waals surface area contributed by atoms with Crippen LogP contribution >= 0.6 is 0 Å². The number of benzene rings is 2. The van der Waals surface area contributed by atoms with E-state index >= 15 is 0 Å². The monoisotopic (exact) mass is 546 g/mol. The minimum atomic E-state index is -0.994. The highest BCUT2D eigenvalue weighted by Crippen LogP contribution is 2.26. The third-order valence-corrected chi connectivity index (χ3v) is 5.80. The highest BCUT2D eigenvalue weighted by Gasteiger charge is 2.34. The first-order chi connectivity index (χ1) is 19.1. The number of allylic oxidation sites excluding steroid dienone is 1. The van der Waals surface area contributed by atoms with Crippen LogP contribution < -0.4 is 5.32 Å². The van der Waals surface area contributed by atoms with Gasteiger partial charge in [-0.1, -0.05) is 60.7 Å². The predicted octanol–water partition coefficient (Wildman–Crippen LogP) is 3.40. The van der Waals surface area contributed by atoms with Gasteiger partial charge >= 0.3 is 12.1 Å². The first-order valence-corrected chi connectivity index (χ1v) is 12.8. The van der Waals surface area contributed by atoms with Gasteiger partial charge in [0.15, 0.2) is 12.1 Å². The maximum Gasteiger partial charge on any atom is 0.326 e. The molecule has 6 amide bonds. The Morgan fingerprint density at radius 2 is 1.32 bits per heavy atom. The number of nitrogens with zero attached hydrogens (tertiary/aromatic N) is 3. The molecule has 0 aliphatic heterocycles. The Morgan fingerprint density at radius 3 is 1.80 bits per heavy atom. The quantitative estimate of drug-likeness (QED) is 0.211. The fourth-order valence-electron chi connectivity index (χ4n) is 3.83. The smallest absolute Gasteiger partial charge is 0.326 e. The van der Waals surface area contributed by atoms with E-state index in [4.69, 9.17) is 0 Å². The molecule has 0 atom stereocenters. The van der Waals surface area contributed by atoms with E-state index in [0.29, 0.717) is 5.56 Å². The lowest BCUT2D eigenvalue weighted by molar-refractivity contribution is -0.128. The van der Waals surface area contributed by atoms with Gasteiger partial charge in [-0.25, -0.2) is 9.59 Å². The SMILES string of the molecule is CCNC(=O)N(CC)C(=O)C(=Cc1ccccc1)C(=O)C(=C(C=O)C(=O)N(CC)C(=O)N(C)C)c1ccccc1. The molecule has 10 heteroatoms. The average molecular weight is 547 g/mol. The molecule has 0 aliphatic rings.